The maximum absolute atomic E-state index is 13.6. The molecule has 2 rings (SSSR count). The lowest BCUT2D eigenvalue weighted by molar-refractivity contribution is -0.385. The van der Waals surface area contributed by atoms with E-state index in [4.69, 9.17) is 10.6 Å². The van der Waals surface area contributed by atoms with Crippen LogP contribution < -0.4 is 16.0 Å². The van der Waals surface area contributed by atoms with E-state index in [1.54, 1.807) is 12.1 Å². The summed E-state index contributed by atoms with van der Waals surface area (Å²) >= 11 is 0. The van der Waals surface area contributed by atoms with Crippen LogP contribution in [0.15, 0.2) is 36.5 Å². The van der Waals surface area contributed by atoms with Gasteiger partial charge in [-0.25, -0.2) is 15.2 Å². The lowest BCUT2D eigenvalue weighted by Gasteiger charge is -2.07. The first-order valence-corrected chi connectivity index (χ1v) is 5.58. The van der Waals surface area contributed by atoms with Crippen molar-refractivity contribution in [1.82, 2.24) is 4.98 Å². The number of ether oxygens (including phenoxy) is 1. The third-order valence-corrected chi connectivity index (χ3v) is 2.49. The number of pyridine rings is 1. The Labute approximate surface area is 113 Å². The van der Waals surface area contributed by atoms with Crippen LogP contribution in [-0.4, -0.2) is 9.91 Å². The summed E-state index contributed by atoms with van der Waals surface area (Å²) in [4.78, 5) is 13.8. The number of nitrogens with one attached hydrogen (secondary N) is 1. The Morgan fingerprint density at radius 3 is 2.75 bits per heavy atom. The molecule has 0 bridgehead atoms. The van der Waals surface area contributed by atoms with Crippen LogP contribution in [-0.2, 0) is 6.61 Å². The first kappa shape index (κ1) is 13.7. The van der Waals surface area contributed by atoms with Gasteiger partial charge in [0.1, 0.15) is 12.4 Å². The van der Waals surface area contributed by atoms with Crippen LogP contribution in [0.5, 0.6) is 5.75 Å². The lowest BCUT2D eigenvalue weighted by Crippen LogP contribution is -2.08. The van der Waals surface area contributed by atoms with Crippen molar-refractivity contribution in [2.45, 2.75) is 6.61 Å². The number of rotatable bonds is 5. The summed E-state index contributed by atoms with van der Waals surface area (Å²) in [5.74, 6) is 4.83. The van der Waals surface area contributed by atoms with Gasteiger partial charge in [0, 0.05) is 17.8 Å². The Balaban J connectivity index is 2.04. The molecular weight excluding hydrogens is 267 g/mol. The molecule has 7 nitrogen and oxygen atoms in total. The van der Waals surface area contributed by atoms with Crippen LogP contribution >= 0.6 is 0 Å². The summed E-state index contributed by atoms with van der Waals surface area (Å²) in [5, 5.41) is 10.5. The predicted octanol–water partition coefficient (Wildman–Crippen LogP) is 1.99. The van der Waals surface area contributed by atoms with Crippen LogP contribution in [0.25, 0.3) is 0 Å². The molecule has 20 heavy (non-hydrogen) atoms. The predicted molar refractivity (Wildman–Crippen MR) is 69.4 cm³/mol. The summed E-state index contributed by atoms with van der Waals surface area (Å²) in [6, 6.07) is 6.57. The van der Waals surface area contributed by atoms with E-state index >= 15 is 0 Å². The molecule has 0 saturated carbocycles. The number of hydrazine groups is 1. The van der Waals surface area contributed by atoms with Gasteiger partial charge >= 0.3 is 0 Å². The zero-order valence-electron chi connectivity index (χ0n) is 10.2. The zero-order chi connectivity index (χ0) is 14.5. The number of nitrogens with zero attached hydrogens (tertiary/aromatic N) is 2. The number of halogens is 1. The van der Waals surface area contributed by atoms with E-state index in [2.05, 4.69) is 10.4 Å². The van der Waals surface area contributed by atoms with Gasteiger partial charge in [-0.1, -0.05) is 6.07 Å². The minimum absolute atomic E-state index is 0.0587. The highest BCUT2D eigenvalue weighted by Crippen LogP contribution is 2.23. The summed E-state index contributed by atoms with van der Waals surface area (Å²) in [7, 11) is 0. The number of nitrogen functional groups attached to an aromatic ring is 1. The fourth-order valence-corrected chi connectivity index (χ4v) is 1.48. The van der Waals surface area contributed by atoms with Crippen molar-refractivity contribution < 1.29 is 14.1 Å². The zero-order valence-corrected chi connectivity index (χ0v) is 10.2. The normalized spacial score (nSPS) is 10.1. The molecule has 8 heteroatoms. The average molecular weight is 278 g/mol. The van der Waals surface area contributed by atoms with Crippen LogP contribution in [0.4, 0.5) is 15.9 Å². The highest BCUT2D eigenvalue weighted by atomic mass is 19.1. The Kier molecular flexibility index (Phi) is 4.06. The molecule has 0 aliphatic carbocycles. The molecule has 0 spiro atoms. The molecule has 0 aliphatic rings. The molecule has 2 aromatic rings. The van der Waals surface area contributed by atoms with Gasteiger partial charge < -0.3 is 10.2 Å². The minimum Gasteiger partial charge on any atom is -0.486 e. The molecule has 0 radical (unpaired) electrons. The van der Waals surface area contributed by atoms with Gasteiger partial charge in [0.05, 0.1) is 11.0 Å². The Morgan fingerprint density at radius 1 is 1.40 bits per heavy atom. The number of hydrogen-bond donors (Lipinski definition) is 2. The van der Waals surface area contributed by atoms with Crippen molar-refractivity contribution in [1.29, 1.82) is 0 Å². The standard InChI is InChI=1S/C12H11FN4O3/c13-10-5-9(17(18)19)2-3-11(10)20-7-8-1-4-12(16-14)15-6-8/h1-6H,7,14H2,(H,15,16). The third-order valence-electron chi connectivity index (χ3n) is 2.49. The van der Waals surface area contributed by atoms with Gasteiger partial charge in [-0.3, -0.25) is 10.1 Å². The number of aromatic nitrogens is 1. The lowest BCUT2D eigenvalue weighted by atomic mass is 10.3. The fraction of sp³-hybridized carbons (Fsp3) is 0.0833. The topological polar surface area (TPSA) is 103 Å². The molecule has 3 N–H and O–H groups in total. The quantitative estimate of drug-likeness (QED) is 0.492. The Morgan fingerprint density at radius 2 is 2.20 bits per heavy atom. The van der Waals surface area contributed by atoms with E-state index in [0.717, 1.165) is 6.07 Å². The maximum Gasteiger partial charge on any atom is 0.272 e. The number of nitro groups is 1. The Bertz CT molecular complexity index is 619. The van der Waals surface area contributed by atoms with Crippen molar-refractivity contribution >= 4 is 11.5 Å². The van der Waals surface area contributed by atoms with E-state index in [-0.39, 0.29) is 18.0 Å². The highest BCUT2D eigenvalue weighted by molar-refractivity contribution is 5.38. The molecule has 0 aliphatic heterocycles. The first-order chi connectivity index (χ1) is 9.60. The van der Waals surface area contributed by atoms with Gasteiger partial charge in [0.25, 0.3) is 5.69 Å². The molecule has 0 amide bonds. The van der Waals surface area contributed by atoms with Gasteiger partial charge in [-0.05, 0) is 12.1 Å². The van der Waals surface area contributed by atoms with E-state index < -0.39 is 10.7 Å². The van der Waals surface area contributed by atoms with Crippen molar-refractivity contribution in [3.05, 3.63) is 58.0 Å². The number of hydrogen-bond acceptors (Lipinski definition) is 6. The number of anilines is 1. The summed E-state index contributed by atoms with van der Waals surface area (Å²) in [6.45, 7) is 0.0899. The van der Waals surface area contributed by atoms with Gasteiger partial charge in [0.2, 0.25) is 0 Å². The second-order valence-corrected chi connectivity index (χ2v) is 3.86. The van der Waals surface area contributed by atoms with Gasteiger partial charge in [-0.2, -0.15) is 0 Å². The molecule has 0 unspecified atom stereocenters. The smallest absolute Gasteiger partial charge is 0.272 e. The summed E-state index contributed by atoms with van der Waals surface area (Å²) in [6.07, 6.45) is 1.53. The van der Waals surface area contributed by atoms with Crippen LogP contribution in [0.2, 0.25) is 0 Å². The van der Waals surface area contributed by atoms with Crippen molar-refractivity contribution in [3.63, 3.8) is 0 Å². The Hall–Kier alpha value is -2.74. The fourth-order valence-electron chi connectivity index (χ4n) is 1.48. The van der Waals surface area contributed by atoms with E-state index in [0.29, 0.717) is 11.4 Å². The van der Waals surface area contributed by atoms with E-state index in [1.807, 2.05) is 0 Å². The molecule has 1 heterocycles. The SMILES string of the molecule is NNc1ccc(COc2ccc([N+](=O)[O-])cc2F)cn1. The van der Waals surface area contributed by atoms with Crippen LogP contribution in [0.1, 0.15) is 5.56 Å². The minimum atomic E-state index is -0.785. The number of nitro benzene ring substituents is 1. The second kappa shape index (κ2) is 5.93. The molecule has 0 saturated heterocycles. The maximum atomic E-state index is 13.6. The molecule has 104 valence electrons. The van der Waals surface area contributed by atoms with Gasteiger partial charge in [-0.15, -0.1) is 0 Å². The largest absolute Gasteiger partial charge is 0.486 e. The number of nitrogens with two attached hydrogens (primary N) is 1. The molecule has 0 atom stereocenters. The first-order valence-electron chi connectivity index (χ1n) is 5.58. The summed E-state index contributed by atoms with van der Waals surface area (Å²) in [5.41, 5.74) is 2.76. The molecule has 1 aromatic heterocycles. The number of non-ortho nitro benzene ring substituents is 1. The van der Waals surface area contributed by atoms with E-state index in [1.165, 1.54) is 18.3 Å². The molecule has 1 aromatic carbocycles. The molecule has 0 fully saturated rings. The molecular formula is C12H11FN4O3. The van der Waals surface area contributed by atoms with Crippen molar-refractivity contribution in [2.24, 2.45) is 5.84 Å². The van der Waals surface area contributed by atoms with Crippen molar-refractivity contribution in [2.75, 3.05) is 5.43 Å². The third kappa shape index (κ3) is 3.18. The average Bonchev–Trinajstić information content (AvgIpc) is 2.46. The van der Waals surface area contributed by atoms with E-state index in [9.17, 15) is 14.5 Å². The monoisotopic (exact) mass is 278 g/mol. The van der Waals surface area contributed by atoms with Crippen LogP contribution in [0.3, 0.4) is 0 Å². The van der Waals surface area contributed by atoms with Gasteiger partial charge in [0.15, 0.2) is 11.6 Å². The van der Waals surface area contributed by atoms with Crippen molar-refractivity contribution in [3.8, 4) is 5.75 Å². The second-order valence-electron chi connectivity index (χ2n) is 3.86. The highest BCUT2D eigenvalue weighted by Gasteiger charge is 2.11. The van der Waals surface area contributed by atoms with Crippen LogP contribution in [0, 0.1) is 15.9 Å². The summed E-state index contributed by atoms with van der Waals surface area (Å²) < 4.78 is 18.8. The number of benzene rings is 1.